The van der Waals surface area contributed by atoms with Crippen LogP contribution in [0, 0.1) is 20.8 Å². The first-order valence-electron chi connectivity index (χ1n) is 14.7. The largest absolute Gasteiger partial charge is 0.354 e. The molecular formula is C34H45N3O4S. The number of amides is 2. The highest BCUT2D eigenvalue weighted by molar-refractivity contribution is 7.92. The van der Waals surface area contributed by atoms with E-state index < -0.39 is 16.1 Å². The molecule has 2 amide bonds. The van der Waals surface area contributed by atoms with E-state index in [1.807, 2.05) is 87.5 Å². The Bertz CT molecular complexity index is 1440. The fourth-order valence-electron chi connectivity index (χ4n) is 5.06. The summed E-state index contributed by atoms with van der Waals surface area (Å²) in [7, 11) is -3.57. The maximum Gasteiger partial charge on any atom is 0.243 e. The zero-order valence-corrected chi connectivity index (χ0v) is 26.4. The van der Waals surface area contributed by atoms with E-state index in [9.17, 15) is 18.0 Å². The number of carbonyl (C=O) groups excluding carboxylic acids is 2. The van der Waals surface area contributed by atoms with E-state index in [1.165, 1.54) is 10.6 Å². The summed E-state index contributed by atoms with van der Waals surface area (Å²) in [5, 5.41) is 3.04. The molecule has 226 valence electrons. The third-order valence-corrected chi connectivity index (χ3v) is 8.71. The Balaban J connectivity index is 1.89. The first-order chi connectivity index (χ1) is 20.0. The van der Waals surface area contributed by atoms with Gasteiger partial charge in [0.2, 0.25) is 21.8 Å². The van der Waals surface area contributed by atoms with Gasteiger partial charge in [0.15, 0.2) is 0 Å². The lowest BCUT2D eigenvalue weighted by atomic mass is 10.0. The minimum atomic E-state index is -3.57. The Kier molecular flexibility index (Phi) is 12.2. The SMILES string of the molecule is CCCCNC(=O)C(Cc1ccccc1)N(Cc1cccc(C)c1)C(=O)CCCN(c1cccc(C)c1C)S(C)(=O)=O. The summed E-state index contributed by atoms with van der Waals surface area (Å²) >= 11 is 0. The van der Waals surface area contributed by atoms with E-state index in [-0.39, 0.29) is 31.3 Å². The summed E-state index contributed by atoms with van der Waals surface area (Å²) in [5.74, 6) is -0.362. The normalized spacial score (nSPS) is 12.0. The third kappa shape index (κ3) is 9.44. The van der Waals surface area contributed by atoms with Gasteiger partial charge in [-0.25, -0.2) is 8.42 Å². The predicted octanol–water partition coefficient (Wildman–Crippen LogP) is 5.71. The average Bonchev–Trinajstić information content (AvgIpc) is 2.94. The number of hydrogen-bond donors (Lipinski definition) is 1. The maximum atomic E-state index is 14.0. The van der Waals surface area contributed by atoms with Crippen molar-refractivity contribution in [2.45, 2.75) is 72.4 Å². The van der Waals surface area contributed by atoms with Crippen molar-refractivity contribution in [1.82, 2.24) is 10.2 Å². The molecule has 0 heterocycles. The summed E-state index contributed by atoms with van der Waals surface area (Å²) < 4.78 is 26.9. The average molecular weight is 592 g/mol. The van der Waals surface area contributed by atoms with E-state index in [0.29, 0.717) is 25.1 Å². The molecule has 1 atom stereocenters. The fourth-order valence-corrected chi connectivity index (χ4v) is 6.07. The van der Waals surface area contributed by atoms with Gasteiger partial charge in [0.25, 0.3) is 0 Å². The molecule has 1 unspecified atom stereocenters. The number of nitrogens with zero attached hydrogens (tertiary/aromatic N) is 2. The number of nitrogens with one attached hydrogen (secondary N) is 1. The van der Waals surface area contributed by atoms with Crippen LogP contribution in [0.5, 0.6) is 0 Å². The second-order valence-electron chi connectivity index (χ2n) is 11.0. The molecule has 0 aromatic heterocycles. The highest BCUT2D eigenvalue weighted by atomic mass is 32.2. The zero-order chi connectivity index (χ0) is 30.7. The van der Waals surface area contributed by atoms with E-state index in [1.54, 1.807) is 11.0 Å². The molecule has 0 spiro atoms. The second kappa shape index (κ2) is 15.5. The van der Waals surface area contributed by atoms with Crippen LogP contribution in [0.2, 0.25) is 0 Å². The molecule has 0 saturated heterocycles. The summed E-state index contributed by atoms with van der Waals surface area (Å²) in [4.78, 5) is 29.2. The summed E-state index contributed by atoms with van der Waals surface area (Å²) in [5.41, 5.74) is 5.49. The highest BCUT2D eigenvalue weighted by Gasteiger charge is 2.30. The van der Waals surface area contributed by atoms with Gasteiger partial charge < -0.3 is 10.2 Å². The number of sulfonamides is 1. The van der Waals surface area contributed by atoms with E-state index >= 15 is 0 Å². The maximum absolute atomic E-state index is 14.0. The van der Waals surface area contributed by atoms with Crippen molar-refractivity contribution < 1.29 is 18.0 Å². The van der Waals surface area contributed by atoms with Crippen molar-refractivity contribution in [1.29, 1.82) is 0 Å². The molecule has 8 heteroatoms. The molecule has 3 aromatic carbocycles. The van der Waals surface area contributed by atoms with Crippen LogP contribution in [0.25, 0.3) is 0 Å². The third-order valence-electron chi connectivity index (χ3n) is 7.53. The molecule has 0 fully saturated rings. The molecule has 42 heavy (non-hydrogen) atoms. The highest BCUT2D eigenvalue weighted by Crippen LogP contribution is 2.26. The first kappa shape index (κ1) is 32.9. The summed E-state index contributed by atoms with van der Waals surface area (Å²) in [6.45, 7) is 8.92. The van der Waals surface area contributed by atoms with Crippen LogP contribution < -0.4 is 9.62 Å². The second-order valence-corrected chi connectivity index (χ2v) is 12.9. The van der Waals surface area contributed by atoms with Crippen molar-refractivity contribution in [2.24, 2.45) is 0 Å². The van der Waals surface area contributed by atoms with Gasteiger partial charge in [-0.15, -0.1) is 0 Å². The molecule has 0 aliphatic heterocycles. The van der Waals surface area contributed by atoms with Gasteiger partial charge in [-0.1, -0.05) is 85.6 Å². The lowest BCUT2D eigenvalue weighted by Crippen LogP contribution is -2.50. The minimum absolute atomic E-state index is 0.107. The predicted molar refractivity (Wildman–Crippen MR) is 171 cm³/mol. The molecule has 0 radical (unpaired) electrons. The minimum Gasteiger partial charge on any atom is -0.354 e. The summed E-state index contributed by atoms with van der Waals surface area (Å²) in [6, 6.07) is 22.6. The lowest BCUT2D eigenvalue weighted by molar-refractivity contribution is -0.141. The Hall–Kier alpha value is -3.65. The smallest absolute Gasteiger partial charge is 0.243 e. The molecule has 7 nitrogen and oxygen atoms in total. The number of unbranched alkanes of at least 4 members (excludes halogenated alkanes) is 1. The Morgan fingerprint density at radius 2 is 1.57 bits per heavy atom. The molecule has 1 N–H and O–H groups in total. The van der Waals surface area contributed by atoms with E-state index in [4.69, 9.17) is 0 Å². The van der Waals surface area contributed by atoms with Crippen LogP contribution in [-0.4, -0.2) is 50.5 Å². The molecule has 0 saturated carbocycles. The number of carbonyl (C=O) groups is 2. The number of anilines is 1. The van der Waals surface area contributed by atoms with E-state index in [0.717, 1.165) is 40.7 Å². The topological polar surface area (TPSA) is 86.8 Å². The molecule has 3 rings (SSSR count). The van der Waals surface area contributed by atoms with Gasteiger partial charge in [0.1, 0.15) is 6.04 Å². The van der Waals surface area contributed by atoms with Crippen LogP contribution in [-0.2, 0) is 32.6 Å². The van der Waals surface area contributed by atoms with Gasteiger partial charge in [-0.3, -0.25) is 13.9 Å². The standard InChI is InChI=1S/C34H45N3O4S/c1-6-7-21-35-34(39)32(24-29-16-9-8-10-17-29)36(25-30-18-11-14-26(2)23-30)33(38)20-13-22-37(42(5,40)41)31-19-12-15-27(3)28(31)4/h8-12,14-19,23,32H,6-7,13,20-22,24-25H2,1-5H3,(H,35,39). The quantitative estimate of drug-likeness (QED) is 0.229. The van der Waals surface area contributed by atoms with E-state index in [2.05, 4.69) is 12.2 Å². The van der Waals surface area contributed by atoms with Crippen molar-refractivity contribution in [2.75, 3.05) is 23.7 Å². The van der Waals surface area contributed by atoms with Gasteiger partial charge in [-0.2, -0.15) is 0 Å². The molecular weight excluding hydrogens is 546 g/mol. The molecule has 0 aliphatic carbocycles. The number of hydrogen-bond acceptors (Lipinski definition) is 4. The molecule has 0 bridgehead atoms. The van der Waals surface area contributed by atoms with Crippen LogP contribution in [0.3, 0.4) is 0 Å². The van der Waals surface area contributed by atoms with Gasteiger partial charge in [0, 0.05) is 32.5 Å². The van der Waals surface area contributed by atoms with Gasteiger partial charge in [0.05, 0.1) is 11.9 Å². The fraction of sp³-hybridized carbons (Fsp3) is 0.412. The monoisotopic (exact) mass is 591 g/mol. The van der Waals surface area contributed by atoms with Crippen LogP contribution in [0.4, 0.5) is 5.69 Å². The lowest BCUT2D eigenvalue weighted by Gasteiger charge is -2.32. The number of benzene rings is 3. The van der Waals surface area contributed by atoms with Crippen LogP contribution >= 0.6 is 0 Å². The summed E-state index contributed by atoms with van der Waals surface area (Å²) in [6.07, 6.45) is 3.81. The first-order valence-corrected chi connectivity index (χ1v) is 16.6. The number of rotatable bonds is 15. The molecule has 0 aliphatic rings. The van der Waals surface area contributed by atoms with Crippen LogP contribution in [0.15, 0.2) is 72.8 Å². The van der Waals surface area contributed by atoms with Crippen molar-refractivity contribution in [3.8, 4) is 0 Å². The Morgan fingerprint density at radius 1 is 0.881 bits per heavy atom. The zero-order valence-electron chi connectivity index (χ0n) is 25.6. The Labute approximate surface area is 252 Å². The van der Waals surface area contributed by atoms with Crippen molar-refractivity contribution in [3.05, 3.63) is 101 Å². The van der Waals surface area contributed by atoms with Gasteiger partial charge in [-0.05, 0) is 61.9 Å². The van der Waals surface area contributed by atoms with Crippen LogP contribution in [0.1, 0.15) is 60.4 Å². The number of aryl methyl sites for hydroxylation is 2. The molecule has 3 aromatic rings. The van der Waals surface area contributed by atoms with Crippen molar-refractivity contribution in [3.63, 3.8) is 0 Å². The van der Waals surface area contributed by atoms with Gasteiger partial charge >= 0.3 is 0 Å². The Morgan fingerprint density at radius 3 is 2.24 bits per heavy atom. The van der Waals surface area contributed by atoms with Crippen molar-refractivity contribution >= 4 is 27.5 Å².